The molecule has 2 aromatic carbocycles. The molecule has 1 N–H and O–H groups in total. The number of benzene rings is 2. The molecule has 0 aliphatic carbocycles. The maximum absolute atomic E-state index is 12.9. The van der Waals surface area contributed by atoms with Crippen molar-refractivity contribution < 1.29 is 9.59 Å². The molecule has 8 heteroatoms. The Bertz CT molecular complexity index is 1260. The number of nitrogens with one attached hydrogen (secondary N) is 1. The average Bonchev–Trinajstić information content (AvgIpc) is 3.08. The predicted octanol–water partition coefficient (Wildman–Crippen LogP) is 3.47. The van der Waals surface area contributed by atoms with Crippen LogP contribution in [0.15, 0.2) is 71.5 Å². The molecule has 0 bridgehead atoms. The first kappa shape index (κ1) is 23.6. The predicted molar refractivity (Wildman–Crippen MR) is 137 cm³/mol. The van der Waals surface area contributed by atoms with Crippen LogP contribution in [0.5, 0.6) is 0 Å². The van der Waals surface area contributed by atoms with Crippen LogP contribution in [0.1, 0.15) is 17.7 Å². The van der Waals surface area contributed by atoms with Gasteiger partial charge >= 0.3 is 0 Å². The summed E-state index contributed by atoms with van der Waals surface area (Å²) >= 11 is 1.26. The van der Waals surface area contributed by atoms with Gasteiger partial charge in [-0.05, 0) is 36.6 Å². The normalized spacial score (nSPS) is 13.5. The van der Waals surface area contributed by atoms with Gasteiger partial charge in [-0.25, -0.2) is 4.68 Å². The smallest absolute Gasteiger partial charge is 0.295 e. The Morgan fingerprint density at radius 1 is 1.00 bits per heavy atom. The summed E-state index contributed by atoms with van der Waals surface area (Å²) in [4.78, 5) is 39.8. The molecule has 34 heavy (non-hydrogen) atoms. The number of hydrogen-bond acceptors (Lipinski definition) is 4. The second kappa shape index (κ2) is 10.6. The number of thioether (sulfide) groups is 1. The standard InChI is InChI=1S/C26H28N4O3S/c1-19-25(26(33)30(28(19)2)22-11-7-4-8-12-22)27-23(31)17-34-18-24(32)29-15-13-21(14-16-29)20-9-5-3-6-10-20/h3-13H,14-18H2,1-2H3,(H,27,31). The van der Waals surface area contributed by atoms with Gasteiger partial charge in [-0.3, -0.25) is 19.1 Å². The zero-order valence-electron chi connectivity index (χ0n) is 19.4. The molecule has 0 radical (unpaired) electrons. The lowest BCUT2D eigenvalue weighted by atomic mass is 10.00. The van der Waals surface area contributed by atoms with Crippen LogP contribution in [0.4, 0.5) is 5.69 Å². The molecular weight excluding hydrogens is 448 g/mol. The number of para-hydroxylation sites is 1. The molecule has 0 atom stereocenters. The lowest BCUT2D eigenvalue weighted by Gasteiger charge is -2.26. The van der Waals surface area contributed by atoms with Crippen molar-refractivity contribution in [3.63, 3.8) is 0 Å². The third-order valence-corrected chi connectivity index (χ3v) is 6.90. The Hall–Kier alpha value is -3.52. The number of nitrogens with zero attached hydrogens (tertiary/aromatic N) is 3. The fraction of sp³-hybridized carbons (Fsp3) is 0.269. The molecule has 2 amide bonds. The maximum Gasteiger partial charge on any atom is 0.295 e. The fourth-order valence-electron chi connectivity index (χ4n) is 4.02. The van der Waals surface area contributed by atoms with Crippen molar-refractivity contribution in [2.75, 3.05) is 29.9 Å². The van der Waals surface area contributed by atoms with Crippen LogP contribution in [0.3, 0.4) is 0 Å². The van der Waals surface area contributed by atoms with E-state index in [-0.39, 0.29) is 34.6 Å². The van der Waals surface area contributed by atoms with Gasteiger partial charge in [-0.2, -0.15) is 0 Å². The first-order valence-electron chi connectivity index (χ1n) is 11.2. The minimum Gasteiger partial charge on any atom is -0.338 e. The fourth-order valence-corrected chi connectivity index (χ4v) is 4.74. The summed E-state index contributed by atoms with van der Waals surface area (Å²) in [6.07, 6.45) is 2.92. The van der Waals surface area contributed by atoms with Crippen LogP contribution >= 0.6 is 11.8 Å². The molecule has 0 fully saturated rings. The van der Waals surface area contributed by atoms with E-state index in [4.69, 9.17) is 0 Å². The van der Waals surface area contributed by atoms with Crippen molar-refractivity contribution >= 4 is 34.8 Å². The highest BCUT2D eigenvalue weighted by Crippen LogP contribution is 2.22. The van der Waals surface area contributed by atoms with Gasteiger partial charge in [0.2, 0.25) is 11.8 Å². The van der Waals surface area contributed by atoms with E-state index in [2.05, 4.69) is 23.5 Å². The summed E-state index contributed by atoms with van der Waals surface area (Å²) in [5.41, 5.74) is 3.83. The molecule has 1 aliphatic rings. The molecule has 0 saturated carbocycles. The Morgan fingerprint density at radius 3 is 2.32 bits per heavy atom. The zero-order chi connectivity index (χ0) is 24.1. The lowest BCUT2D eigenvalue weighted by Crippen LogP contribution is -2.36. The molecule has 0 saturated heterocycles. The van der Waals surface area contributed by atoms with Crippen molar-refractivity contribution in [2.24, 2.45) is 7.05 Å². The number of carbonyl (C=O) groups excluding carboxylic acids is 2. The monoisotopic (exact) mass is 476 g/mol. The van der Waals surface area contributed by atoms with Crippen molar-refractivity contribution in [3.05, 3.63) is 88.4 Å². The van der Waals surface area contributed by atoms with E-state index in [1.807, 2.05) is 53.4 Å². The first-order chi connectivity index (χ1) is 16.5. The third kappa shape index (κ3) is 5.17. The lowest BCUT2D eigenvalue weighted by molar-refractivity contribution is -0.127. The van der Waals surface area contributed by atoms with E-state index in [1.54, 1.807) is 18.7 Å². The van der Waals surface area contributed by atoms with Gasteiger partial charge in [-0.15, -0.1) is 11.8 Å². The summed E-state index contributed by atoms with van der Waals surface area (Å²) in [5, 5.41) is 2.74. The Balaban J connectivity index is 1.29. The van der Waals surface area contributed by atoms with Crippen LogP contribution in [-0.2, 0) is 16.6 Å². The zero-order valence-corrected chi connectivity index (χ0v) is 20.2. The highest BCUT2D eigenvalue weighted by Gasteiger charge is 2.20. The number of amides is 2. The molecular formula is C26H28N4O3S. The summed E-state index contributed by atoms with van der Waals surface area (Å²) in [6, 6.07) is 19.5. The van der Waals surface area contributed by atoms with Gasteiger partial charge in [0.1, 0.15) is 5.69 Å². The Labute approximate surface area is 203 Å². The highest BCUT2D eigenvalue weighted by molar-refractivity contribution is 8.00. The molecule has 1 aromatic heterocycles. The van der Waals surface area contributed by atoms with Gasteiger partial charge in [0.05, 0.1) is 22.9 Å². The molecule has 0 unspecified atom stereocenters. The minimum absolute atomic E-state index is 0.0171. The highest BCUT2D eigenvalue weighted by atomic mass is 32.2. The van der Waals surface area contributed by atoms with Crippen molar-refractivity contribution in [2.45, 2.75) is 13.3 Å². The average molecular weight is 477 g/mol. The minimum atomic E-state index is -0.297. The Morgan fingerprint density at radius 2 is 1.68 bits per heavy atom. The van der Waals surface area contributed by atoms with E-state index in [9.17, 15) is 14.4 Å². The molecule has 1 aliphatic heterocycles. The third-order valence-electron chi connectivity index (χ3n) is 5.98. The van der Waals surface area contributed by atoms with Crippen LogP contribution < -0.4 is 10.9 Å². The van der Waals surface area contributed by atoms with E-state index in [0.717, 1.165) is 12.1 Å². The van der Waals surface area contributed by atoms with Crippen LogP contribution in [-0.4, -0.2) is 50.7 Å². The SMILES string of the molecule is Cc1c(NC(=O)CSCC(=O)N2CC=C(c3ccccc3)CC2)c(=O)n(-c2ccccc2)n1C. The van der Waals surface area contributed by atoms with Crippen molar-refractivity contribution in [3.8, 4) is 5.69 Å². The largest absolute Gasteiger partial charge is 0.338 e. The van der Waals surface area contributed by atoms with E-state index in [0.29, 0.717) is 18.8 Å². The van der Waals surface area contributed by atoms with E-state index < -0.39 is 0 Å². The second-order valence-electron chi connectivity index (χ2n) is 8.16. The van der Waals surface area contributed by atoms with Crippen LogP contribution in [0.2, 0.25) is 0 Å². The topological polar surface area (TPSA) is 76.3 Å². The summed E-state index contributed by atoms with van der Waals surface area (Å²) < 4.78 is 3.24. The molecule has 3 aromatic rings. The second-order valence-corrected chi connectivity index (χ2v) is 9.15. The quantitative estimate of drug-likeness (QED) is 0.567. The maximum atomic E-state index is 12.9. The number of carbonyl (C=O) groups is 2. The Kier molecular flexibility index (Phi) is 7.37. The molecule has 0 spiro atoms. The summed E-state index contributed by atoms with van der Waals surface area (Å²) in [5.74, 6) is 0.0468. The number of aromatic nitrogens is 2. The summed E-state index contributed by atoms with van der Waals surface area (Å²) in [7, 11) is 1.78. The van der Waals surface area contributed by atoms with E-state index in [1.165, 1.54) is 27.6 Å². The van der Waals surface area contributed by atoms with Crippen molar-refractivity contribution in [1.82, 2.24) is 14.3 Å². The number of anilines is 1. The molecule has 176 valence electrons. The van der Waals surface area contributed by atoms with Gasteiger partial charge in [0.15, 0.2) is 0 Å². The van der Waals surface area contributed by atoms with Crippen LogP contribution in [0, 0.1) is 6.92 Å². The molecule has 7 nitrogen and oxygen atoms in total. The summed E-state index contributed by atoms with van der Waals surface area (Å²) in [6.45, 7) is 3.05. The van der Waals surface area contributed by atoms with Crippen LogP contribution in [0.25, 0.3) is 11.3 Å². The van der Waals surface area contributed by atoms with Crippen molar-refractivity contribution in [1.29, 1.82) is 0 Å². The van der Waals surface area contributed by atoms with E-state index >= 15 is 0 Å². The number of hydrogen-bond donors (Lipinski definition) is 1. The first-order valence-corrected chi connectivity index (χ1v) is 12.3. The van der Waals surface area contributed by atoms with Gasteiger partial charge in [0.25, 0.3) is 5.56 Å². The molecule has 4 rings (SSSR count). The van der Waals surface area contributed by atoms with Gasteiger partial charge < -0.3 is 10.2 Å². The number of rotatable bonds is 7. The van der Waals surface area contributed by atoms with Gasteiger partial charge in [0, 0.05) is 20.1 Å². The van der Waals surface area contributed by atoms with Gasteiger partial charge in [-0.1, -0.05) is 54.6 Å². The molecule has 2 heterocycles.